The van der Waals surface area contributed by atoms with Gasteiger partial charge in [-0.2, -0.15) is 9.97 Å². The van der Waals surface area contributed by atoms with E-state index in [9.17, 15) is 13.9 Å². The van der Waals surface area contributed by atoms with Crippen LogP contribution in [0.25, 0.3) is 32.9 Å². The topological polar surface area (TPSA) is 101 Å². The first-order valence-electron chi connectivity index (χ1n) is 14.9. The van der Waals surface area contributed by atoms with Crippen molar-refractivity contribution < 1.29 is 23.0 Å². The number of pyridine rings is 1. The van der Waals surface area contributed by atoms with Crippen molar-refractivity contribution in [2.24, 2.45) is 0 Å². The molecule has 0 aliphatic carbocycles. The van der Waals surface area contributed by atoms with Crippen molar-refractivity contribution in [1.29, 1.82) is 0 Å². The number of piperidine rings is 1. The summed E-state index contributed by atoms with van der Waals surface area (Å²) >= 11 is 0. The van der Waals surface area contributed by atoms with Crippen LogP contribution in [0.3, 0.4) is 0 Å². The highest BCUT2D eigenvalue weighted by molar-refractivity contribution is 6.04. The van der Waals surface area contributed by atoms with Crippen molar-refractivity contribution in [2.45, 2.75) is 56.3 Å². The number of benzene rings is 2. The van der Waals surface area contributed by atoms with Gasteiger partial charge in [-0.3, -0.25) is 4.90 Å². The largest absolute Gasteiger partial charge is 0.461 e. The van der Waals surface area contributed by atoms with Crippen LogP contribution in [0.1, 0.15) is 44.6 Å². The van der Waals surface area contributed by atoms with Gasteiger partial charge < -0.3 is 20.5 Å². The molecule has 4 aromatic rings. The van der Waals surface area contributed by atoms with Crippen molar-refractivity contribution in [3.63, 3.8) is 0 Å². The number of ether oxygens (including phenoxy) is 1. The molecule has 0 bridgehead atoms. The van der Waals surface area contributed by atoms with Crippen LogP contribution < -0.4 is 15.4 Å². The summed E-state index contributed by atoms with van der Waals surface area (Å²) in [6, 6.07) is 7.85. The second kappa shape index (κ2) is 10.5. The van der Waals surface area contributed by atoms with Gasteiger partial charge >= 0.3 is 6.01 Å². The molecular weight excluding hydrogens is 569 g/mol. The Kier molecular flexibility index (Phi) is 6.83. The predicted molar refractivity (Wildman–Crippen MR) is 163 cm³/mol. The molecule has 0 radical (unpaired) electrons. The van der Waals surface area contributed by atoms with Gasteiger partial charge in [-0.15, -0.1) is 6.42 Å². The first kappa shape index (κ1) is 28.6. The summed E-state index contributed by atoms with van der Waals surface area (Å²) in [6.45, 7) is 3.82. The molecule has 2 aromatic heterocycles. The number of nitrogens with zero attached hydrogens (tertiary/aromatic N) is 5. The second-order valence-corrected chi connectivity index (χ2v) is 12.6. The zero-order valence-corrected chi connectivity index (χ0v) is 24.4. The van der Waals surface area contributed by atoms with Crippen LogP contribution in [0.5, 0.6) is 6.01 Å². The number of halogens is 3. The van der Waals surface area contributed by atoms with E-state index >= 15 is 4.39 Å². The van der Waals surface area contributed by atoms with Crippen molar-refractivity contribution in [3.05, 3.63) is 47.5 Å². The Balaban J connectivity index is 1.40. The number of nitrogen functional groups attached to an aromatic ring is 1. The summed E-state index contributed by atoms with van der Waals surface area (Å²) in [5.74, 6) is 1.25. The van der Waals surface area contributed by atoms with E-state index in [-0.39, 0.29) is 52.7 Å². The van der Waals surface area contributed by atoms with E-state index in [2.05, 4.69) is 25.8 Å². The lowest BCUT2D eigenvalue weighted by atomic mass is 9.94. The number of hydrogen-bond donors (Lipinski definition) is 2. The molecule has 0 amide bonds. The van der Waals surface area contributed by atoms with Crippen LogP contribution in [0.2, 0.25) is 0 Å². The molecule has 3 N–H and O–H groups in total. The highest BCUT2D eigenvalue weighted by Crippen LogP contribution is 2.42. The van der Waals surface area contributed by atoms with Gasteiger partial charge in [0.2, 0.25) is 0 Å². The van der Waals surface area contributed by atoms with E-state index in [0.29, 0.717) is 48.9 Å². The van der Waals surface area contributed by atoms with Crippen LogP contribution in [0.15, 0.2) is 30.3 Å². The SMILES string of the molecule is C#Cc1c(F)ccc2cccc(-c3nc(N)c4c(N5CCC[C@@](C)(O)C5)nc(OC[C@@]56CCCN5C[C@H](F)C6)nc4c3F)c12. The summed E-state index contributed by atoms with van der Waals surface area (Å²) in [5.41, 5.74) is 5.07. The van der Waals surface area contributed by atoms with Gasteiger partial charge in [0.1, 0.15) is 41.4 Å². The number of aromatic nitrogens is 3. The maximum Gasteiger partial charge on any atom is 0.319 e. The lowest BCUT2D eigenvalue weighted by Gasteiger charge is -2.38. The third kappa shape index (κ3) is 4.68. The van der Waals surface area contributed by atoms with E-state index in [1.54, 1.807) is 31.2 Å². The Morgan fingerprint density at radius 2 is 1.93 bits per heavy atom. The Morgan fingerprint density at radius 1 is 1.11 bits per heavy atom. The number of terminal acetylenes is 1. The van der Waals surface area contributed by atoms with E-state index in [1.165, 1.54) is 6.07 Å². The maximum atomic E-state index is 16.7. The Morgan fingerprint density at radius 3 is 2.73 bits per heavy atom. The lowest BCUT2D eigenvalue weighted by molar-refractivity contribution is 0.0447. The highest BCUT2D eigenvalue weighted by Gasteiger charge is 2.49. The molecule has 8 nitrogen and oxygen atoms in total. The number of anilines is 2. The molecule has 0 spiro atoms. The van der Waals surface area contributed by atoms with Gasteiger partial charge in [0.15, 0.2) is 5.82 Å². The van der Waals surface area contributed by atoms with Gasteiger partial charge in [-0.1, -0.05) is 30.2 Å². The minimum absolute atomic E-state index is 0.0102. The van der Waals surface area contributed by atoms with Crippen molar-refractivity contribution in [2.75, 3.05) is 43.4 Å². The summed E-state index contributed by atoms with van der Waals surface area (Å²) in [7, 11) is 0. The Labute approximate surface area is 253 Å². The minimum atomic E-state index is -1.00. The Hall–Kier alpha value is -4.14. The zero-order valence-electron chi connectivity index (χ0n) is 24.4. The summed E-state index contributed by atoms with van der Waals surface area (Å²) in [4.78, 5) is 17.6. The fraction of sp³-hybridized carbons (Fsp3) is 0.424. The van der Waals surface area contributed by atoms with Crippen LogP contribution in [0, 0.1) is 24.0 Å². The van der Waals surface area contributed by atoms with Crippen LogP contribution in [-0.4, -0.2) is 75.1 Å². The van der Waals surface area contributed by atoms with Crippen LogP contribution in [-0.2, 0) is 0 Å². The van der Waals surface area contributed by atoms with E-state index in [0.717, 1.165) is 19.4 Å². The van der Waals surface area contributed by atoms with Gasteiger partial charge in [0, 0.05) is 37.0 Å². The van der Waals surface area contributed by atoms with Gasteiger partial charge in [0.05, 0.1) is 22.1 Å². The minimum Gasteiger partial charge on any atom is -0.461 e. The molecule has 44 heavy (non-hydrogen) atoms. The number of fused-ring (bicyclic) bond motifs is 3. The third-order valence-electron chi connectivity index (χ3n) is 9.37. The monoisotopic (exact) mass is 602 g/mol. The normalized spacial score (nSPS) is 25.5. The quantitative estimate of drug-likeness (QED) is 0.308. The fourth-order valence-electron chi connectivity index (χ4n) is 7.37. The lowest BCUT2D eigenvalue weighted by Crippen LogP contribution is -2.46. The highest BCUT2D eigenvalue weighted by atomic mass is 19.1. The standard InChI is InChI=1S/C33H33F3N6O2/c1-3-21-23(35)10-9-19-7-4-8-22(24(19)21)27-26(36)28-25(29(37)38-27)30(41-13-5-11-32(2,43)17-41)40-31(39-28)44-18-33-12-6-14-42(33)16-20(34)15-33/h1,4,7-10,20,43H,5-6,11-18H2,2H3,(H2,37,38)/t20-,32-,33+/m1/s1. The number of rotatable bonds is 5. The number of β-amino-alcohol motifs (C(OH)–C–C–N with tert-alkyl or cyclic N) is 1. The summed E-state index contributed by atoms with van der Waals surface area (Å²) < 4.78 is 52.1. The number of aliphatic hydroxyl groups is 1. The summed E-state index contributed by atoms with van der Waals surface area (Å²) in [5, 5.41) is 12.0. The molecule has 3 fully saturated rings. The third-order valence-corrected chi connectivity index (χ3v) is 9.37. The molecule has 0 unspecified atom stereocenters. The van der Waals surface area contributed by atoms with Gasteiger partial charge in [-0.05, 0) is 50.6 Å². The first-order valence-corrected chi connectivity index (χ1v) is 14.9. The zero-order chi connectivity index (χ0) is 30.8. The predicted octanol–water partition coefficient (Wildman–Crippen LogP) is 4.99. The smallest absolute Gasteiger partial charge is 0.319 e. The number of hydrogen-bond acceptors (Lipinski definition) is 8. The molecular formula is C33H33F3N6O2. The van der Waals surface area contributed by atoms with Crippen molar-refractivity contribution in [1.82, 2.24) is 19.9 Å². The second-order valence-electron chi connectivity index (χ2n) is 12.6. The fourth-order valence-corrected chi connectivity index (χ4v) is 7.37. The molecule has 3 saturated heterocycles. The number of nitrogens with two attached hydrogens (primary N) is 1. The average Bonchev–Trinajstić information content (AvgIpc) is 3.52. The average molecular weight is 603 g/mol. The Bertz CT molecular complexity index is 1840. The molecule has 3 aliphatic rings. The first-order chi connectivity index (χ1) is 21.1. The van der Waals surface area contributed by atoms with E-state index in [1.807, 2.05) is 4.90 Å². The van der Waals surface area contributed by atoms with Crippen LogP contribution in [0.4, 0.5) is 24.8 Å². The molecule has 0 saturated carbocycles. The van der Waals surface area contributed by atoms with Gasteiger partial charge in [0.25, 0.3) is 0 Å². The van der Waals surface area contributed by atoms with Crippen molar-refractivity contribution in [3.8, 4) is 29.6 Å². The molecule has 11 heteroatoms. The molecule has 228 valence electrons. The van der Waals surface area contributed by atoms with Crippen molar-refractivity contribution >= 4 is 33.3 Å². The maximum absolute atomic E-state index is 16.7. The summed E-state index contributed by atoms with van der Waals surface area (Å²) in [6.07, 6.45) is 8.09. The molecule has 3 atom stereocenters. The molecule has 5 heterocycles. The van der Waals surface area contributed by atoms with Gasteiger partial charge in [-0.25, -0.2) is 18.2 Å². The molecule has 2 aromatic carbocycles. The molecule has 3 aliphatic heterocycles. The molecule has 7 rings (SSSR count). The van der Waals surface area contributed by atoms with Crippen LogP contribution >= 0.6 is 0 Å². The number of alkyl halides is 1. The van der Waals surface area contributed by atoms with E-state index < -0.39 is 28.9 Å². The van der Waals surface area contributed by atoms with E-state index in [4.69, 9.17) is 16.9 Å².